The molecule has 2 heteroatoms. The average Bonchev–Trinajstić information content (AvgIpc) is 2.66. The zero-order valence-electron chi connectivity index (χ0n) is 28.2. The molecule has 0 spiro atoms. The van der Waals surface area contributed by atoms with Gasteiger partial charge in [0.15, 0.2) is 0 Å². The highest BCUT2D eigenvalue weighted by molar-refractivity contribution is 5.71. The first kappa shape index (κ1) is 32.3. The molecule has 0 N–H and O–H groups in total. The molecule has 2 aromatic rings. The Hall–Kier alpha value is -1.96. The summed E-state index contributed by atoms with van der Waals surface area (Å²) in [5, 5.41) is 10.3. The summed E-state index contributed by atoms with van der Waals surface area (Å²) >= 11 is 0. The summed E-state index contributed by atoms with van der Waals surface area (Å²) in [7, 11) is 0. The Balaban J connectivity index is 3.36. The lowest BCUT2D eigenvalue weighted by Gasteiger charge is -2.44. The minimum Gasteiger partial charge on any atom is -0.150 e. The zero-order chi connectivity index (χ0) is 29.9. The first-order chi connectivity index (χ1) is 16.7. The summed E-state index contributed by atoms with van der Waals surface area (Å²) in [6.07, 6.45) is 0. The molecule has 0 amide bonds. The van der Waals surface area contributed by atoms with Crippen molar-refractivity contribution in [2.45, 2.75) is 157 Å². The van der Waals surface area contributed by atoms with E-state index in [4.69, 9.17) is 10.2 Å². The summed E-state index contributed by atoms with van der Waals surface area (Å²) in [4.78, 5) is 0. The molecule has 0 saturated heterocycles. The quantitative estimate of drug-likeness (QED) is 0.353. The van der Waals surface area contributed by atoms with Crippen molar-refractivity contribution in [1.29, 1.82) is 0 Å². The van der Waals surface area contributed by atoms with E-state index in [1.807, 2.05) is 0 Å². The predicted molar refractivity (Wildman–Crippen MR) is 169 cm³/mol. The van der Waals surface area contributed by atoms with Gasteiger partial charge in [0.1, 0.15) is 0 Å². The lowest BCUT2D eigenvalue weighted by Crippen LogP contribution is -2.35. The molecule has 0 aliphatic rings. The van der Waals surface area contributed by atoms with Gasteiger partial charge in [-0.15, -0.1) is 5.11 Å². The molecule has 212 valence electrons. The summed E-state index contributed by atoms with van der Waals surface area (Å²) in [5.41, 5.74) is 9.89. The second-order valence-electron chi connectivity index (χ2n) is 17.4. The number of rotatable bonds is 2. The van der Waals surface area contributed by atoms with Crippen molar-refractivity contribution < 1.29 is 0 Å². The molecule has 2 aromatic carbocycles. The molecule has 0 aromatic heterocycles. The number of hydrogen-bond acceptors (Lipinski definition) is 2. The predicted octanol–water partition coefficient (Wildman–Crippen LogP) is 11.9. The van der Waals surface area contributed by atoms with Gasteiger partial charge < -0.3 is 0 Å². The van der Waals surface area contributed by atoms with E-state index in [0.717, 1.165) is 11.4 Å². The van der Waals surface area contributed by atoms with Crippen LogP contribution in [0.3, 0.4) is 0 Å². The Morgan fingerprint density at radius 1 is 0.368 bits per heavy atom. The molecule has 0 heterocycles. The third kappa shape index (κ3) is 6.78. The van der Waals surface area contributed by atoms with Gasteiger partial charge in [-0.05, 0) is 71.9 Å². The Morgan fingerprint density at radius 2 is 0.684 bits per heavy atom. The van der Waals surface area contributed by atoms with Gasteiger partial charge in [-0.25, -0.2) is 0 Å². The van der Waals surface area contributed by atoms with Crippen LogP contribution in [-0.4, -0.2) is 0 Å². The standard InChI is InChI=1S/C36H58N2/c1-31(2,3)23-21-19-20-22-24(23)37-38-30-28(35(13,14)15)26(33(7,8)9)25(32(4,5)6)27(34(10,11)12)29(30)36(16,17)18/h19-22H,1-18H3. The van der Waals surface area contributed by atoms with Crippen LogP contribution < -0.4 is 0 Å². The van der Waals surface area contributed by atoms with Crippen LogP contribution in [0.4, 0.5) is 11.4 Å². The van der Waals surface area contributed by atoms with Crippen molar-refractivity contribution in [3.63, 3.8) is 0 Å². The maximum absolute atomic E-state index is 5.28. The van der Waals surface area contributed by atoms with E-state index in [2.05, 4.69) is 149 Å². The smallest absolute Gasteiger partial charge is 0.0937 e. The van der Waals surface area contributed by atoms with Gasteiger partial charge in [-0.3, -0.25) is 0 Å². The van der Waals surface area contributed by atoms with E-state index in [1.54, 1.807) is 0 Å². The molecule has 38 heavy (non-hydrogen) atoms. The van der Waals surface area contributed by atoms with Crippen LogP contribution in [-0.2, 0) is 32.5 Å². The van der Waals surface area contributed by atoms with Gasteiger partial charge in [-0.1, -0.05) is 143 Å². The maximum atomic E-state index is 5.28. The summed E-state index contributed by atoms with van der Waals surface area (Å²) in [6.45, 7) is 42.1. The maximum Gasteiger partial charge on any atom is 0.0937 e. The molecular formula is C36H58N2. The molecule has 2 nitrogen and oxygen atoms in total. The van der Waals surface area contributed by atoms with Gasteiger partial charge >= 0.3 is 0 Å². The van der Waals surface area contributed by atoms with Crippen molar-refractivity contribution in [3.05, 3.63) is 57.6 Å². The van der Waals surface area contributed by atoms with Crippen LogP contribution in [0, 0.1) is 0 Å². The SMILES string of the molecule is CC(C)(C)c1ccccc1N=Nc1c(C(C)(C)C)c(C(C)(C)C)c(C(C)(C)C)c(C(C)(C)C)c1C(C)(C)C. The third-order valence-corrected chi connectivity index (χ3v) is 7.19. The Morgan fingerprint density at radius 3 is 1.00 bits per heavy atom. The second kappa shape index (κ2) is 9.90. The highest BCUT2D eigenvalue weighted by Gasteiger charge is 2.42. The molecular weight excluding hydrogens is 460 g/mol. The van der Waals surface area contributed by atoms with Gasteiger partial charge in [-0.2, -0.15) is 5.11 Å². The van der Waals surface area contributed by atoms with Gasteiger partial charge in [0.25, 0.3) is 0 Å². The molecule has 0 atom stereocenters. The molecule has 0 aliphatic carbocycles. The number of nitrogens with zero attached hydrogens (tertiary/aromatic N) is 2. The van der Waals surface area contributed by atoms with E-state index in [-0.39, 0.29) is 32.5 Å². The fourth-order valence-electron chi connectivity index (χ4n) is 5.85. The summed E-state index contributed by atoms with van der Waals surface area (Å²) in [5.74, 6) is 0. The van der Waals surface area contributed by atoms with Crippen molar-refractivity contribution in [2.75, 3.05) is 0 Å². The molecule has 0 saturated carbocycles. The lowest BCUT2D eigenvalue weighted by molar-refractivity contribution is 0.461. The fraction of sp³-hybridized carbons (Fsp3) is 0.667. The van der Waals surface area contributed by atoms with Crippen LogP contribution >= 0.6 is 0 Å². The van der Waals surface area contributed by atoms with Crippen molar-refractivity contribution in [3.8, 4) is 0 Å². The van der Waals surface area contributed by atoms with E-state index in [1.165, 1.54) is 33.4 Å². The lowest BCUT2D eigenvalue weighted by atomic mass is 9.60. The number of azo groups is 1. The fourth-order valence-corrected chi connectivity index (χ4v) is 5.85. The van der Waals surface area contributed by atoms with Crippen molar-refractivity contribution in [2.24, 2.45) is 10.2 Å². The van der Waals surface area contributed by atoms with Crippen LogP contribution in [0.5, 0.6) is 0 Å². The normalized spacial score (nSPS) is 14.5. The largest absolute Gasteiger partial charge is 0.150 e. The van der Waals surface area contributed by atoms with E-state index >= 15 is 0 Å². The second-order valence-corrected chi connectivity index (χ2v) is 17.4. The summed E-state index contributed by atoms with van der Waals surface area (Å²) < 4.78 is 0. The molecule has 0 unspecified atom stereocenters. The minimum absolute atomic E-state index is 0.0153. The number of benzene rings is 2. The number of hydrogen-bond donors (Lipinski definition) is 0. The van der Waals surface area contributed by atoms with Crippen molar-refractivity contribution >= 4 is 11.4 Å². The molecule has 0 aliphatic heterocycles. The van der Waals surface area contributed by atoms with Gasteiger partial charge in [0, 0.05) is 0 Å². The minimum atomic E-state index is -0.114. The van der Waals surface area contributed by atoms with Crippen LogP contribution in [0.25, 0.3) is 0 Å². The molecule has 0 radical (unpaired) electrons. The van der Waals surface area contributed by atoms with Crippen molar-refractivity contribution in [1.82, 2.24) is 0 Å². The zero-order valence-corrected chi connectivity index (χ0v) is 28.2. The first-order valence-electron chi connectivity index (χ1n) is 14.5. The van der Waals surface area contributed by atoms with Crippen LogP contribution in [0.1, 0.15) is 158 Å². The van der Waals surface area contributed by atoms with E-state index in [0.29, 0.717) is 0 Å². The van der Waals surface area contributed by atoms with Gasteiger partial charge in [0.05, 0.1) is 11.4 Å². The van der Waals surface area contributed by atoms with Crippen LogP contribution in [0.15, 0.2) is 34.5 Å². The van der Waals surface area contributed by atoms with E-state index in [9.17, 15) is 0 Å². The average molecular weight is 519 g/mol. The topological polar surface area (TPSA) is 24.7 Å². The highest BCUT2D eigenvalue weighted by atomic mass is 15.1. The first-order valence-corrected chi connectivity index (χ1v) is 14.5. The monoisotopic (exact) mass is 518 g/mol. The molecule has 2 rings (SSSR count). The molecule has 0 bridgehead atoms. The molecule has 0 fully saturated rings. The highest BCUT2D eigenvalue weighted by Crippen LogP contribution is 2.54. The summed E-state index contributed by atoms with van der Waals surface area (Å²) in [6, 6.07) is 8.47. The third-order valence-electron chi connectivity index (χ3n) is 7.19. The van der Waals surface area contributed by atoms with Crippen LogP contribution in [0.2, 0.25) is 0 Å². The Labute approximate surface area is 236 Å². The Bertz CT molecular complexity index is 1130. The Kier molecular flexibility index (Phi) is 8.40. The van der Waals surface area contributed by atoms with Gasteiger partial charge in [0.2, 0.25) is 0 Å². The van der Waals surface area contributed by atoms with E-state index < -0.39 is 0 Å².